The first-order chi connectivity index (χ1) is 16.8. The van der Waals surface area contributed by atoms with Crippen molar-refractivity contribution < 1.29 is 28.3 Å². The molecule has 4 N–H and O–H groups in total. The standard InChI is InChI=1S/C24H23N5O6/c1-3-25-22(32)26-15-5-7-18-14(8-15)9-19(35-18)24(21(31)27-23(33)28-24)12-29-11-13-4-6-16(34-2)10-17(13)20(29)30/h4-10H,3,11-12H2,1-2H3,(H2,25,26,32)(H2,27,28,31,33)/t24-/m0/s1. The highest BCUT2D eigenvalue weighted by Crippen LogP contribution is 2.35. The largest absolute Gasteiger partial charge is 0.497 e. The zero-order chi connectivity index (χ0) is 24.7. The molecule has 1 aromatic heterocycles. The molecule has 5 rings (SSSR count). The molecule has 0 saturated carbocycles. The van der Waals surface area contributed by atoms with Gasteiger partial charge in [0, 0.05) is 29.7 Å². The number of rotatable bonds is 6. The summed E-state index contributed by atoms with van der Waals surface area (Å²) in [5, 5.41) is 10.9. The molecule has 11 nitrogen and oxygen atoms in total. The van der Waals surface area contributed by atoms with E-state index in [1.54, 1.807) is 42.5 Å². The summed E-state index contributed by atoms with van der Waals surface area (Å²) < 4.78 is 11.2. The highest BCUT2D eigenvalue weighted by molar-refractivity contribution is 6.08. The molecule has 3 aromatic rings. The van der Waals surface area contributed by atoms with E-state index < -0.39 is 17.5 Å². The first-order valence-corrected chi connectivity index (χ1v) is 11.0. The summed E-state index contributed by atoms with van der Waals surface area (Å²) in [6.07, 6.45) is 0. The Morgan fingerprint density at radius 2 is 2.00 bits per heavy atom. The third-order valence-corrected chi connectivity index (χ3v) is 6.10. The fourth-order valence-corrected chi connectivity index (χ4v) is 4.40. The first kappa shape index (κ1) is 22.3. The molecule has 1 atom stereocenters. The van der Waals surface area contributed by atoms with E-state index in [1.807, 2.05) is 6.92 Å². The molecule has 35 heavy (non-hydrogen) atoms. The minimum atomic E-state index is -1.62. The quantitative estimate of drug-likeness (QED) is 0.401. The number of benzene rings is 2. The maximum atomic E-state index is 13.1. The average molecular weight is 477 g/mol. The maximum Gasteiger partial charge on any atom is 0.322 e. The van der Waals surface area contributed by atoms with E-state index in [4.69, 9.17) is 9.15 Å². The van der Waals surface area contributed by atoms with E-state index in [0.717, 1.165) is 5.56 Å². The van der Waals surface area contributed by atoms with Crippen molar-refractivity contribution in [2.24, 2.45) is 0 Å². The third-order valence-electron chi connectivity index (χ3n) is 6.10. The Labute approximate surface area is 199 Å². The second-order valence-electron chi connectivity index (χ2n) is 8.35. The number of nitrogens with one attached hydrogen (secondary N) is 4. The van der Waals surface area contributed by atoms with E-state index in [0.29, 0.717) is 34.5 Å². The van der Waals surface area contributed by atoms with Crippen LogP contribution in [-0.2, 0) is 16.9 Å². The number of hydrogen-bond donors (Lipinski definition) is 4. The molecule has 2 aliphatic rings. The second-order valence-corrected chi connectivity index (χ2v) is 8.35. The lowest BCUT2D eigenvalue weighted by molar-refractivity contribution is -0.125. The molecule has 2 aliphatic heterocycles. The van der Waals surface area contributed by atoms with Crippen molar-refractivity contribution in [3.05, 3.63) is 59.4 Å². The zero-order valence-corrected chi connectivity index (χ0v) is 19.1. The van der Waals surface area contributed by atoms with Gasteiger partial charge in [0.2, 0.25) is 0 Å². The summed E-state index contributed by atoms with van der Waals surface area (Å²) in [5.41, 5.74) is 0.640. The summed E-state index contributed by atoms with van der Waals surface area (Å²) in [6, 6.07) is 10.8. The van der Waals surface area contributed by atoms with E-state index >= 15 is 0 Å². The molecular weight excluding hydrogens is 454 g/mol. The van der Waals surface area contributed by atoms with Crippen LogP contribution in [0.25, 0.3) is 11.0 Å². The lowest BCUT2D eigenvalue weighted by Crippen LogP contribution is -2.52. The molecule has 0 radical (unpaired) electrons. The minimum absolute atomic E-state index is 0.135. The van der Waals surface area contributed by atoms with Gasteiger partial charge in [-0.15, -0.1) is 0 Å². The predicted molar refractivity (Wildman–Crippen MR) is 125 cm³/mol. The van der Waals surface area contributed by atoms with Crippen LogP contribution in [0.4, 0.5) is 15.3 Å². The lowest BCUT2D eigenvalue weighted by atomic mass is 9.95. The van der Waals surface area contributed by atoms with Gasteiger partial charge in [0.15, 0.2) is 5.54 Å². The van der Waals surface area contributed by atoms with Crippen LogP contribution in [0.5, 0.6) is 5.75 Å². The molecule has 3 heterocycles. The van der Waals surface area contributed by atoms with Crippen LogP contribution in [0, 0.1) is 0 Å². The van der Waals surface area contributed by atoms with E-state index in [-0.39, 0.29) is 30.8 Å². The summed E-state index contributed by atoms with van der Waals surface area (Å²) in [5.74, 6) is -0.178. The van der Waals surface area contributed by atoms with Crippen LogP contribution in [0.3, 0.4) is 0 Å². The minimum Gasteiger partial charge on any atom is -0.497 e. The normalized spacial score (nSPS) is 18.9. The van der Waals surface area contributed by atoms with Gasteiger partial charge in [-0.05, 0) is 48.9 Å². The van der Waals surface area contributed by atoms with Gasteiger partial charge >= 0.3 is 12.1 Å². The van der Waals surface area contributed by atoms with Crippen molar-refractivity contribution in [1.82, 2.24) is 20.9 Å². The van der Waals surface area contributed by atoms with Crippen LogP contribution >= 0.6 is 0 Å². The fraction of sp³-hybridized carbons (Fsp3) is 0.250. The Morgan fingerprint density at radius 3 is 2.71 bits per heavy atom. The van der Waals surface area contributed by atoms with Gasteiger partial charge in [0.25, 0.3) is 11.8 Å². The number of carbonyl (C=O) groups is 4. The van der Waals surface area contributed by atoms with Crippen LogP contribution in [-0.4, -0.2) is 49.0 Å². The highest BCUT2D eigenvalue weighted by atomic mass is 16.5. The number of anilines is 1. The predicted octanol–water partition coefficient (Wildman–Crippen LogP) is 2.27. The number of methoxy groups -OCH3 is 1. The van der Waals surface area contributed by atoms with Crippen LogP contribution in [0.2, 0.25) is 0 Å². The van der Waals surface area contributed by atoms with Crippen molar-refractivity contribution in [1.29, 1.82) is 0 Å². The number of fused-ring (bicyclic) bond motifs is 2. The maximum absolute atomic E-state index is 13.1. The number of furan rings is 1. The van der Waals surface area contributed by atoms with E-state index in [2.05, 4.69) is 21.3 Å². The molecule has 1 saturated heterocycles. The zero-order valence-electron chi connectivity index (χ0n) is 19.1. The molecule has 2 aromatic carbocycles. The lowest BCUT2D eigenvalue weighted by Gasteiger charge is -2.29. The number of hydrogen-bond acceptors (Lipinski definition) is 6. The van der Waals surface area contributed by atoms with E-state index in [1.165, 1.54) is 12.0 Å². The summed E-state index contributed by atoms with van der Waals surface area (Å²) in [6.45, 7) is 2.42. The summed E-state index contributed by atoms with van der Waals surface area (Å²) >= 11 is 0. The van der Waals surface area contributed by atoms with Gasteiger partial charge in [-0.2, -0.15) is 0 Å². The number of urea groups is 2. The number of nitrogens with zero attached hydrogens (tertiary/aromatic N) is 1. The van der Waals surface area contributed by atoms with Gasteiger partial charge in [0.1, 0.15) is 17.1 Å². The van der Waals surface area contributed by atoms with Gasteiger partial charge < -0.3 is 30.0 Å². The Balaban J connectivity index is 1.48. The SMILES string of the molecule is CCNC(=O)Nc1ccc2oc([C@]3(CN4Cc5ccc(OC)cc5C4=O)NC(=O)NC3=O)cc2c1. The van der Waals surface area contributed by atoms with Gasteiger partial charge in [-0.1, -0.05) is 6.07 Å². The topological polar surface area (TPSA) is 142 Å². The molecule has 1 fully saturated rings. The van der Waals surface area contributed by atoms with Crippen LogP contribution < -0.4 is 26.0 Å². The second kappa shape index (κ2) is 8.35. The Morgan fingerprint density at radius 1 is 1.17 bits per heavy atom. The average Bonchev–Trinajstić information content (AvgIpc) is 3.47. The van der Waals surface area contributed by atoms with Crippen molar-refractivity contribution in [3.8, 4) is 5.75 Å². The van der Waals surface area contributed by atoms with Crippen LogP contribution in [0.1, 0.15) is 28.6 Å². The molecule has 0 unspecified atom stereocenters. The molecule has 180 valence electrons. The van der Waals surface area contributed by atoms with Crippen molar-refractivity contribution in [2.75, 3.05) is 25.5 Å². The third kappa shape index (κ3) is 3.80. The highest BCUT2D eigenvalue weighted by Gasteiger charge is 2.53. The Kier molecular flexibility index (Phi) is 5.31. The first-order valence-electron chi connectivity index (χ1n) is 11.0. The fourth-order valence-electron chi connectivity index (χ4n) is 4.40. The molecule has 0 bridgehead atoms. The Bertz CT molecular complexity index is 1380. The number of amides is 6. The number of ether oxygens (including phenoxy) is 1. The van der Waals surface area contributed by atoms with Crippen LogP contribution in [0.15, 0.2) is 46.9 Å². The smallest absolute Gasteiger partial charge is 0.322 e. The number of imide groups is 1. The van der Waals surface area contributed by atoms with Gasteiger partial charge in [-0.25, -0.2) is 9.59 Å². The van der Waals surface area contributed by atoms with Gasteiger partial charge in [-0.3, -0.25) is 14.9 Å². The molecule has 0 aliphatic carbocycles. The summed E-state index contributed by atoms with van der Waals surface area (Å²) in [7, 11) is 1.52. The number of carbonyl (C=O) groups excluding carboxylic acids is 4. The van der Waals surface area contributed by atoms with Crippen molar-refractivity contribution in [2.45, 2.75) is 19.0 Å². The van der Waals surface area contributed by atoms with E-state index in [9.17, 15) is 19.2 Å². The summed E-state index contributed by atoms with van der Waals surface area (Å²) in [4.78, 5) is 51.7. The molecular formula is C24H23N5O6. The molecule has 11 heteroatoms. The van der Waals surface area contributed by atoms with Crippen molar-refractivity contribution >= 4 is 40.5 Å². The van der Waals surface area contributed by atoms with Gasteiger partial charge in [0.05, 0.1) is 13.7 Å². The van der Waals surface area contributed by atoms with Crippen molar-refractivity contribution in [3.63, 3.8) is 0 Å². The Hall–Kier alpha value is -4.54. The molecule has 6 amide bonds. The monoisotopic (exact) mass is 477 g/mol. The molecule has 0 spiro atoms.